The van der Waals surface area contributed by atoms with Crippen LogP contribution in [-0.4, -0.2) is 37.4 Å². The third-order valence-electron chi connectivity index (χ3n) is 3.32. The van der Waals surface area contributed by atoms with Gasteiger partial charge in [-0.3, -0.25) is 4.90 Å². The molecule has 2 rings (SSSR count). The van der Waals surface area contributed by atoms with Crippen molar-refractivity contribution in [2.75, 3.05) is 23.8 Å². The fourth-order valence-electron chi connectivity index (χ4n) is 2.21. The van der Waals surface area contributed by atoms with Gasteiger partial charge in [-0.25, -0.2) is 12.8 Å². The van der Waals surface area contributed by atoms with Crippen LogP contribution in [0.1, 0.15) is 12.5 Å². The second-order valence-electron chi connectivity index (χ2n) is 4.75. The molecule has 1 aromatic carbocycles. The fraction of sp³-hybridized carbons (Fsp3) is 0.500. The lowest BCUT2D eigenvalue weighted by molar-refractivity contribution is 0.218. The summed E-state index contributed by atoms with van der Waals surface area (Å²) in [5, 5.41) is 0. The monoisotopic (exact) mass is 272 g/mol. The van der Waals surface area contributed by atoms with Crippen LogP contribution < -0.4 is 5.73 Å². The number of nitrogens with two attached hydrogens (primary N) is 1. The zero-order valence-corrected chi connectivity index (χ0v) is 11.1. The molecule has 1 unspecified atom stereocenters. The summed E-state index contributed by atoms with van der Waals surface area (Å²) < 4.78 is 36.3. The van der Waals surface area contributed by atoms with E-state index in [1.165, 1.54) is 6.07 Å². The molecule has 4 nitrogen and oxygen atoms in total. The maximum absolute atomic E-state index is 13.3. The highest BCUT2D eigenvalue weighted by molar-refractivity contribution is 7.91. The van der Waals surface area contributed by atoms with Crippen LogP contribution in [0.25, 0.3) is 0 Å². The Hall–Kier alpha value is -1.14. The third-order valence-corrected chi connectivity index (χ3v) is 5.12. The van der Waals surface area contributed by atoms with Gasteiger partial charge in [0.2, 0.25) is 0 Å². The minimum absolute atomic E-state index is 0.0635. The number of benzene rings is 1. The lowest BCUT2D eigenvalue weighted by Crippen LogP contribution is -2.46. The van der Waals surface area contributed by atoms with E-state index in [2.05, 4.69) is 0 Å². The summed E-state index contributed by atoms with van der Waals surface area (Å²) in [6.07, 6.45) is 0. The van der Waals surface area contributed by atoms with E-state index < -0.39 is 15.7 Å². The molecular formula is C12H17FN2O2S. The summed E-state index contributed by atoms with van der Waals surface area (Å²) in [7, 11) is -2.92. The molecule has 1 heterocycles. The first kappa shape index (κ1) is 13.3. The molecule has 18 heavy (non-hydrogen) atoms. The first-order valence-corrected chi connectivity index (χ1v) is 7.68. The Labute approximate surface area is 107 Å². The van der Waals surface area contributed by atoms with Crippen molar-refractivity contribution >= 4 is 15.5 Å². The number of para-hydroxylation sites is 1. The Morgan fingerprint density at radius 1 is 1.50 bits per heavy atom. The molecule has 0 bridgehead atoms. The molecule has 1 fully saturated rings. The molecule has 1 aliphatic rings. The molecule has 6 heteroatoms. The van der Waals surface area contributed by atoms with Crippen LogP contribution in [0.2, 0.25) is 0 Å². The summed E-state index contributed by atoms with van der Waals surface area (Å²) in [5.41, 5.74) is 6.54. The first-order chi connectivity index (χ1) is 8.39. The summed E-state index contributed by atoms with van der Waals surface area (Å²) in [4.78, 5) is 2.02. The third kappa shape index (κ3) is 2.81. The normalized spacial score (nSPS) is 24.0. The quantitative estimate of drug-likeness (QED) is 0.817. The lowest BCUT2D eigenvalue weighted by atomic mass is 10.1. The highest BCUT2D eigenvalue weighted by atomic mass is 32.2. The van der Waals surface area contributed by atoms with Crippen LogP contribution >= 0.6 is 0 Å². The zero-order chi connectivity index (χ0) is 13.3. The number of sulfone groups is 1. The van der Waals surface area contributed by atoms with E-state index in [0.29, 0.717) is 18.7 Å². The summed E-state index contributed by atoms with van der Waals surface area (Å²) in [6, 6.07) is 4.65. The Kier molecular flexibility index (Phi) is 3.59. The molecule has 0 radical (unpaired) electrons. The second-order valence-corrected chi connectivity index (χ2v) is 6.98. The van der Waals surface area contributed by atoms with Gasteiger partial charge < -0.3 is 5.73 Å². The van der Waals surface area contributed by atoms with Crippen LogP contribution in [0.15, 0.2) is 18.2 Å². The van der Waals surface area contributed by atoms with Gasteiger partial charge in [-0.2, -0.15) is 0 Å². The predicted octanol–water partition coefficient (Wildman–Crippen LogP) is 1.03. The van der Waals surface area contributed by atoms with Crippen molar-refractivity contribution in [2.24, 2.45) is 0 Å². The van der Waals surface area contributed by atoms with Crippen molar-refractivity contribution in [2.45, 2.75) is 19.5 Å². The number of hydrogen-bond acceptors (Lipinski definition) is 4. The Bertz CT molecular complexity index is 545. The van der Waals surface area contributed by atoms with Gasteiger partial charge in [0, 0.05) is 19.1 Å². The Morgan fingerprint density at radius 2 is 2.22 bits per heavy atom. The number of anilines is 1. The number of hydrogen-bond donors (Lipinski definition) is 1. The van der Waals surface area contributed by atoms with Crippen LogP contribution in [0.4, 0.5) is 10.1 Å². The van der Waals surface area contributed by atoms with Crippen molar-refractivity contribution in [1.29, 1.82) is 0 Å². The lowest BCUT2D eigenvalue weighted by Gasteiger charge is -2.33. The van der Waals surface area contributed by atoms with Crippen LogP contribution in [-0.2, 0) is 16.4 Å². The molecule has 0 saturated carbocycles. The van der Waals surface area contributed by atoms with E-state index in [1.54, 1.807) is 12.1 Å². The van der Waals surface area contributed by atoms with Crippen molar-refractivity contribution in [1.82, 2.24) is 4.90 Å². The number of halogens is 1. The largest absolute Gasteiger partial charge is 0.396 e. The molecule has 1 atom stereocenters. The number of nitrogen functional groups attached to an aromatic ring is 1. The van der Waals surface area contributed by atoms with E-state index in [-0.39, 0.29) is 23.2 Å². The van der Waals surface area contributed by atoms with Crippen molar-refractivity contribution in [3.05, 3.63) is 29.6 Å². The Morgan fingerprint density at radius 3 is 2.89 bits per heavy atom. The van der Waals surface area contributed by atoms with Crippen molar-refractivity contribution in [3.8, 4) is 0 Å². The molecular weight excluding hydrogens is 255 g/mol. The van der Waals surface area contributed by atoms with Gasteiger partial charge in [-0.05, 0) is 18.6 Å². The van der Waals surface area contributed by atoms with E-state index in [9.17, 15) is 12.8 Å². The molecule has 0 amide bonds. The number of rotatable bonds is 2. The summed E-state index contributed by atoms with van der Waals surface area (Å²) in [5.74, 6) is -0.112. The van der Waals surface area contributed by atoms with Crippen LogP contribution in [0.3, 0.4) is 0 Å². The Balaban J connectivity index is 2.13. The molecule has 0 aliphatic carbocycles. The molecule has 0 spiro atoms. The average molecular weight is 272 g/mol. The van der Waals surface area contributed by atoms with Crippen LogP contribution in [0, 0.1) is 5.82 Å². The van der Waals surface area contributed by atoms with E-state index in [0.717, 1.165) is 0 Å². The van der Waals surface area contributed by atoms with Crippen molar-refractivity contribution < 1.29 is 12.8 Å². The van der Waals surface area contributed by atoms with Gasteiger partial charge in [0.15, 0.2) is 9.84 Å². The highest BCUT2D eigenvalue weighted by Crippen LogP contribution is 2.21. The maximum Gasteiger partial charge on any atom is 0.153 e. The van der Waals surface area contributed by atoms with Gasteiger partial charge in [-0.1, -0.05) is 12.1 Å². The van der Waals surface area contributed by atoms with E-state index in [1.807, 2.05) is 11.8 Å². The average Bonchev–Trinajstić information content (AvgIpc) is 2.27. The molecule has 100 valence electrons. The molecule has 1 aliphatic heterocycles. The van der Waals surface area contributed by atoms with Gasteiger partial charge in [0.05, 0.1) is 17.2 Å². The smallest absolute Gasteiger partial charge is 0.153 e. The minimum Gasteiger partial charge on any atom is -0.396 e. The highest BCUT2D eigenvalue weighted by Gasteiger charge is 2.28. The molecule has 1 aromatic rings. The maximum atomic E-state index is 13.3. The van der Waals surface area contributed by atoms with E-state index >= 15 is 0 Å². The summed E-state index contributed by atoms with van der Waals surface area (Å²) >= 11 is 0. The van der Waals surface area contributed by atoms with Crippen LogP contribution in [0.5, 0.6) is 0 Å². The molecule has 2 N–H and O–H groups in total. The number of nitrogens with zero attached hydrogens (tertiary/aromatic N) is 1. The van der Waals surface area contributed by atoms with Gasteiger partial charge >= 0.3 is 0 Å². The SMILES string of the molecule is CC1CS(=O)(=O)CCN1Cc1cccc(F)c1N. The zero-order valence-electron chi connectivity index (χ0n) is 10.3. The van der Waals surface area contributed by atoms with Gasteiger partial charge in [0.25, 0.3) is 0 Å². The fourth-order valence-corrected chi connectivity index (χ4v) is 3.83. The van der Waals surface area contributed by atoms with Gasteiger partial charge in [-0.15, -0.1) is 0 Å². The molecule has 0 aromatic heterocycles. The minimum atomic E-state index is -2.92. The predicted molar refractivity (Wildman–Crippen MR) is 69.3 cm³/mol. The van der Waals surface area contributed by atoms with E-state index in [4.69, 9.17) is 5.73 Å². The topological polar surface area (TPSA) is 63.4 Å². The first-order valence-electron chi connectivity index (χ1n) is 5.86. The summed E-state index contributed by atoms with van der Waals surface area (Å²) in [6.45, 7) is 2.83. The van der Waals surface area contributed by atoms with Crippen molar-refractivity contribution in [3.63, 3.8) is 0 Å². The second kappa shape index (κ2) is 4.85. The van der Waals surface area contributed by atoms with Gasteiger partial charge in [0.1, 0.15) is 5.82 Å². The standard InChI is InChI=1S/C12H17FN2O2S/c1-9-8-18(16,17)6-5-15(9)7-10-3-2-4-11(13)12(10)14/h2-4,9H,5-8,14H2,1H3. The molecule has 1 saturated heterocycles.